The Kier molecular flexibility index (Phi) is 6.45. The third-order valence-electron chi connectivity index (χ3n) is 5.24. The highest BCUT2D eigenvalue weighted by Gasteiger charge is 2.22. The molecular weight excluding hydrogens is 395 g/mol. The summed E-state index contributed by atoms with van der Waals surface area (Å²) in [5, 5.41) is 6.56. The molecule has 0 radical (unpaired) electrons. The number of hydrogen-bond acceptors (Lipinski definition) is 4. The molecule has 31 heavy (non-hydrogen) atoms. The van der Waals surface area contributed by atoms with Gasteiger partial charge in [-0.25, -0.2) is 14.4 Å². The Morgan fingerprint density at radius 1 is 1.32 bits per heavy atom. The Bertz CT molecular complexity index is 1020. The smallest absolute Gasteiger partial charge is 0.191 e. The minimum Gasteiger partial charge on any atom is -0.490 e. The van der Waals surface area contributed by atoms with Crippen LogP contribution in [-0.4, -0.2) is 34.1 Å². The molecule has 1 fully saturated rings. The van der Waals surface area contributed by atoms with Crippen molar-refractivity contribution in [1.29, 1.82) is 0 Å². The van der Waals surface area contributed by atoms with E-state index < -0.39 is 0 Å². The quantitative estimate of drug-likeness (QED) is 0.428. The lowest BCUT2D eigenvalue weighted by atomic mass is 10.1. The van der Waals surface area contributed by atoms with Gasteiger partial charge in [0.05, 0.1) is 12.6 Å². The van der Waals surface area contributed by atoms with Crippen LogP contribution in [0.2, 0.25) is 0 Å². The van der Waals surface area contributed by atoms with Gasteiger partial charge in [-0.1, -0.05) is 12.1 Å². The van der Waals surface area contributed by atoms with Gasteiger partial charge < -0.3 is 15.4 Å². The second-order valence-corrected chi connectivity index (χ2v) is 7.73. The number of pyridine rings is 1. The Morgan fingerprint density at radius 3 is 2.84 bits per heavy atom. The van der Waals surface area contributed by atoms with Gasteiger partial charge in [0, 0.05) is 32.2 Å². The molecule has 4 rings (SSSR count). The van der Waals surface area contributed by atoms with Crippen LogP contribution in [0.15, 0.2) is 60.2 Å². The fraction of sp³-hybridized carbons (Fsp3) is 0.348. The molecule has 1 saturated carbocycles. The number of nitrogens with one attached hydrogen (secondary N) is 2. The number of aliphatic imine (C=N–C) groups is 1. The molecule has 162 valence electrons. The number of aromatic nitrogens is 3. The zero-order chi connectivity index (χ0) is 21.6. The lowest BCUT2D eigenvalue weighted by Crippen LogP contribution is -2.38. The maximum absolute atomic E-state index is 14.4. The number of guanidine groups is 1. The van der Waals surface area contributed by atoms with E-state index >= 15 is 0 Å². The van der Waals surface area contributed by atoms with Crippen molar-refractivity contribution in [2.24, 2.45) is 10.9 Å². The molecule has 1 aliphatic carbocycles. The number of benzene rings is 1. The first-order valence-electron chi connectivity index (χ1n) is 10.4. The van der Waals surface area contributed by atoms with Crippen molar-refractivity contribution >= 4 is 5.96 Å². The summed E-state index contributed by atoms with van der Waals surface area (Å²) in [7, 11) is 1.71. The van der Waals surface area contributed by atoms with Gasteiger partial charge in [-0.3, -0.25) is 9.56 Å². The summed E-state index contributed by atoms with van der Waals surface area (Å²) in [6.07, 6.45) is 9.45. The summed E-state index contributed by atoms with van der Waals surface area (Å²) in [5.74, 6) is 2.01. The first-order valence-corrected chi connectivity index (χ1v) is 10.4. The minimum absolute atomic E-state index is 0.125. The van der Waals surface area contributed by atoms with E-state index in [4.69, 9.17) is 4.74 Å². The number of hydrogen-bond donors (Lipinski definition) is 2. The Balaban J connectivity index is 1.30. The van der Waals surface area contributed by atoms with Crippen molar-refractivity contribution < 1.29 is 9.13 Å². The van der Waals surface area contributed by atoms with Gasteiger partial charge in [-0.05, 0) is 55.0 Å². The van der Waals surface area contributed by atoms with Crippen molar-refractivity contribution in [3.8, 4) is 11.6 Å². The van der Waals surface area contributed by atoms with Crippen LogP contribution < -0.4 is 15.4 Å². The topological polar surface area (TPSA) is 76.4 Å². The average Bonchev–Trinajstić information content (AvgIpc) is 3.46. The van der Waals surface area contributed by atoms with Gasteiger partial charge >= 0.3 is 0 Å². The van der Waals surface area contributed by atoms with E-state index in [1.807, 2.05) is 42.1 Å². The van der Waals surface area contributed by atoms with Gasteiger partial charge in [0.25, 0.3) is 0 Å². The molecule has 1 atom stereocenters. The van der Waals surface area contributed by atoms with Crippen LogP contribution in [0.25, 0.3) is 5.82 Å². The van der Waals surface area contributed by atoms with Crippen LogP contribution in [-0.2, 0) is 6.54 Å². The van der Waals surface area contributed by atoms with E-state index in [0.717, 1.165) is 16.9 Å². The second-order valence-electron chi connectivity index (χ2n) is 7.73. The first kappa shape index (κ1) is 20.8. The third-order valence-corrected chi connectivity index (χ3v) is 5.24. The van der Waals surface area contributed by atoms with Crippen LogP contribution in [0.5, 0.6) is 5.75 Å². The van der Waals surface area contributed by atoms with Crippen LogP contribution in [0.1, 0.15) is 36.9 Å². The van der Waals surface area contributed by atoms with Crippen molar-refractivity contribution in [1.82, 2.24) is 25.2 Å². The SMILES string of the molecule is CN=C(NCc1ccc(-n2ccnc2)nc1)NC(C)c1ccc(OCC2CC2)c(F)c1. The van der Waals surface area contributed by atoms with E-state index in [0.29, 0.717) is 30.8 Å². The molecule has 1 unspecified atom stereocenters. The molecule has 2 N–H and O–H groups in total. The predicted molar refractivity (Wildman–Crippen MR) is 118 cm³/mol. The molecule has 0 saturated heterocycles. The first-order chi connectivity index (χ1) is 15.1. The molecule has 1 aromatic carbocycles. The number of halogens is 1. The second kappa shape index (κ2) is 9.59. The van der Waals surface area contributed by atoms with Crippen LogP contribution in [0.4, 0.5) is 4.39 Å². The van der Waals surface area contributed by atoms with Crippen LogP contribution in [0.3, 0.4) is 0 Å². The highest BCUT2D eigenvalue weighted by molar-refractivity contribution is 5.80. The molecule has 1 aliphatic rings. The summed E-state index contributed by atoms with van der Waals surface area (Å²) in [4.78, 5) is 12.7. The molecule has 0 aliphatic heterocycles. The van der Waals surface area contributed by atoms with Crippen molar-refractivity contribution in [3.05, 3.63) is 72.2 Å². The van der Waals surface area contributed by atoms with Gasteiger partial charge in [-0.2, -0.15) is 0 Å². The minimum atomic E-state index is -0.334. The van der Waals surface area contributed by atoms with Gasteiger partial charge in [0.15, 0.2) is 17.5 Å². The van der Waals surface area contributed by atoms with E-state index in [-0.39, 0.29) is 11.9 Å². The monoisotopic (exact) mass is 422 g/mol. The van der Waals surface area contributed by atoms with Crippen molar-refractivity contribution in [3.63, 3.8) is 0 Å². The largest absolute Gasteiger partial charge is 0.490 e. The Labute approximate surface area is 181 Å². The van der Waals surface area contributed by atoms with Gasteiger partial charge in [0.2, 0.25) is 0 Å². The molecule has 0 amide bonds. The molecule has 7 nitrogen and oxygen atoms in total. The number of imidazole rings is 1. The molecule has 2 heterocycles. The molecule has 0 bridgehead atoms. The van der Waals surface area contributed by atoms with Gasteiger partial charge in [-0.15, -0.1) is 0 Å². The lowest BCUT2D eigenvalue weighted by Gasteiger charge is -2.19. The summed E-state index contributed by atoms with van der Waals surface area (Å²) < 4.78 is 21.8. The summed E-state index contributed by atoms with van der Waals surface area (Å²) in [5.41, 5.74) is 1.84. The highest BCUT2D eigenvalue weighted by Crippen LogP contribution is 2.30. The number of nitrogens with zero attached hydrogens (tertiary/aromatic N) is 4. The molecule has 3 aromatic rings. The fourth-order valence-corrected chi connectivity index (χ4v) is 3.13. The lowest BCUT2D eigenvalue weighted by molar-refractivity contribution is 0.285. The van der Waals surface area contributed by atoms with Crippen LogP contribution in [0, 0.1) is 11.7 Å². The fourth-order valence-electron chi connectivity index (χ4n) is 3.13. The predicted octanol–water partition coefficient (Wildman–Crippen LogP) is 3.62. The van der Waals surface area contributed by atoms with E-state index in [2.05, 4.69) is 25.6 Å². The van der Waals surface area contributed by atoms with E-state index in [1.54, 1.807) is 25.6 Å². The number of ether oxygens (including phenoxy) is 1. The normalized spacial score (nSPS) is 14.9. The van der Waals surface area contributed by atoms with Crippen molar-refractivity contribution in [2.45, 2.75) is 32.4 Å². The molecule has 8 heteroatoms. The summed E-state index contributed by atoms with van der Waals surface area (Å²) >= 11 is 0. The summed E-state index contributed by atoms with van der Waals surface area (Å²) in [6, 6.07) is 8.92. The summed E-state index contributed by atoms with van der Waals surface area (Å²) in [6.45, 7) is 3.12. The van der Waals surface area contributed by atoms with Crippen molar-refractivity contribution in [2.75, 3.05) is 13.7 Å². The Hall–Kier alpha value is -3.42. The zero-order valence-corrected chi connectivity index (χ0v) is 17.8. The van der Waals surface area contributed by atoms with Crippen LogP contribution >= 0.6 is 0 Å². The maximum atomic E-state index is 14.4. The zero-order valence-electron chi connectivity index (χ0n) is 17.8. The Morgan fingerprint density at radius 2 is 2.19 bits per heavy atom. The highest BCUT2D eigenvalue weighted by atomic mass is 19.1. The molecule has 0 spiro atoms. The number of rotatable bonds is 8. The average molecular weight is 423 g/mol. The molecular formula is C23H27FN6O. The standard InChI is InChI=1S/C23H27FN6O/c1-16(19-6-7-21(20(24)11-19)31-14-17-3-4-17)29-23(25-2)28-13-18-5-8-22(27-12-18)30-10-9-26-15-30/h5-12,15-17H,3-4,13-14H2,1-2H3,(H2,25,28,29). The molecule has 2 aromatic heterocycles. The maximum Gasteiger partial charge on any atom is 0.191 e. The van der Waals surface area contributed by atoms with E-state index in [1.165, 1.54) is 18.9 Å². The van der Waals surface area contributed by atoms with Gasteiger partial charge in [0.1, 0.15) is 12.1 Å². The van der Waals surface area contributed by atoms with E-state index in [9.17, 15) is 4.39 Å². The third kappa shape index (κ3) is 5.59.